The largest absolute Gasteiger partial charge is 0.508 e. The molecule has 0 spiro atoms. The summed E-state index contributed by atoms with van der Waals surface area (Å²) in [5.74, 6) is 0.740. The third kappa shape index (κ3) is 4.30. The SMILES string of the molecule is CCC(CC(C)(C)C(=O)Oc1ccc2c(c1)CC(=O)O2)c1ccc(O)cc1. The first-order valence-corrected chi connectivity index (χ1v) is 9.13. The molecule has 2 aromatic rings. The maximum absolute atomic E-state index is 12.8. The molecule has 3 rings (SSSR count). The van der Waals surface area contributed by atoms with E-state index < -0.39 is 5.41 Å². The Kier molecular flexibility index (Phi) is 5.22. The molecule has 1 atom stereocenters. The summed E-state index contributed by atoms with van der Waals surface area (Å²) in [5.41, 5.74) is 1.13. The molecule has 0 aromatic heterocycles. The predicted molar refractivity (Wildman–Crippen MR) is 101 cm³/mol. The van der Waals surface area contributed by atoms with E-state index in [9.17, 15) is 14.7 Å². The van der Waals surface area contributed by atoms with Gasteiger partial charge in [0.2, 0.25) is 0 Å². The summed E-state index contributed by atoms with van der Waals surface area (Å²) in [7, 11) is 0. The zero-order valence-corrected chi connectivity index (χ0v) is 15.8. The summed E-state index contributed by atoms with van der Waals surface area (Å²) in [4.78, 5) is 24.1. The highest BCUT2D eigenvalue weighted by molar-refractivity contribution is 5.82. The van der Waals surface area contributed by atoms with Gasteiger partial charge in [-0.05, 0) is 68.5 Å². The second-order valence-electron chi connectivity index (χ2n) is 7.59. The van der Waals surface area contributed by atoms with E-state index in [1.165, 1.54) is 0 Å². The van der Waals surface area contributed by atoms with E-state index in [2.05, 4.69) is 6.92 Å². The molecule has 1 heterocycles. The lowest BCUT2D eigenvalue weighted by atomic mass is 9.79. The second-order valence-corrected chi connectivity index (χ2v) is 7.59. The van der Waals surface area contributed by atoms with Crippen molar-refractivity contribution >= 4 is 11.9 Å². The Morgan fingerprint density at radius 2 is 1.93 bits per heavy atom. The van der Waals surface area contributed by atoms with Crippen molar-refractivity contribution in [1.82, 2.24) is 0 Å². The summed E-state index contributed by atoms with van der Waals surface area (Å²) < 4.78 is 10.7. The van der Waals surface area contributed by atoms with Crippen LogP contribution in [-0.4, -0.2) is 17.0 Å². The molecule has 5 nitrogen and oxygen atoms in total. The van der Waals surface area contributed by atoms with Crippen molar-refractivity contribution in [3.8, 4) is 17.2 Å². The van der Waals surface area contributed by atoms with Crippen LogP contribution in [-0.2, 0) is 16.0 Å². The minimum absolute atomic E-state index is 0.180. The summed E-state index contributed by atoms with van der Waals surface area (Å²) in [6, 6.07) is 12.1. The first-order valence-electron chi connectivity index (χ1n) is 9.13. The van der Waals surface area contributed by atoms with Crippen molar-refractivity contribution < 1.29 is 24.2 Å². The van der Waals surface area contributed by atoms with Gasteiger partial charge >= 0.3 is 11.9 Å². The van der Waals surface area contributed by atoms with Crippen molar-refractivity contribution in [2.24, 2.45) is 5.41 Å². The van der Waals surface area contributed by atoms with Crippen molar-refractivity contribution in [1.29, 1.82) is 0 Å². The van der Waals surface area contributed by atoms with Crippen LogP contribution in [0.25, 0.3) is 0 Å². The molecule has 0 fully saturated rings. The average Bonchev–Trinajstić information content (AvgIpc) is 2.99. The fourth-order valence-corrected chi connectivity index (χ4v) is 3.36. The predicted octanol–water partition coefficient (Wildman–Crippen LogP) is 4.37. The van der Waals surface area contributed by atoms with Gasteiger partial charge in [-0.15, -0.1) is 0 Å². The van der Waals surface area contributed by atoms with Gasteiger partial charge < -0.3 is 14.6 Å². The molecule has 2 aromatic carbocycles. The Labute approximate surface area is 158 Å². The number of aromatic hydroxyl groups is 1. The van der Waals surface area contributed by atoms with Gasteiger partial charge in [0, 0.05) is 5.56 Å². The topological polar surface area (TPSA) is 72.8 Å². The van der Waals surface area contributed by atoms with Crippen LogP contribution in [0.2, 0.25) is 0 Å². The molecule has 1 aliphatic rings. The second kappa shape index (κ2) is 7.43. The smallest absolute Gasteiger partial charge is 0.316 e. The summed E-state index contributed by atoms with van der Waals surface area (Å²) in [6.07, 6.45) is 1.70. The number of carbonyl (C=O) groups is 2. The summed E-state index contributed by atoms with van der Waals surface area (Å²) in [6.45, 7) is 5.83. The van der Waals surface area contributed by atoms with Crippen molar-refractivity contribution in [3.63, 3.8) is 0 Å². The molecule has 0 aliphatic carbocycles. The lowest BCUT2D eigenvalue weighted by Crippen LogP contribution is -2.30. The molecule has 1 aliphatic heterocycles. The molecule has 5 heteroatoms. The van der Waals surface area contributed by atoms with Crippen molar-refractivity contribution in [3.05, 3.63) is 53.6 Å². The Morgan fingerprint density at radius 1 is 1.22 bits per heavy atom. The van der Waals surface area contributed by atoms with Gasteiger partial charge in [-0.1, -0.05) is 19.1 Å². The number of rotatable bonds is 6. The van der Waals surface area contributed by atoms with Crippen molar-refractivity contribution in [2.45, 2.75) is 46.0 Å². The number of phenols is 1. The Hall–Kier alpha value is -2.82. The molecule has 1 N–H and O–H groups in total. The number of phenolic OH excluding ortho intramolecular Hbond substituents is 1. The van der Waals surface area contributed by atoms with Crippen LogP contribution < -0.4 is 9.47 Å². The molecular weight excluding hydrogens is 344 g/mol. The van der Waals surface area contributed by atoms with Crippen LogP contribution in [0.15, 0.2) is 42.5 Å². The van der Waals surface area contributed by atoms with E-state index in [1.54, 1.807) is 30.3 Å². The molecule has 27 heavy (non-hydrogen) atoms. The van der Waals surface area contributed by atoms with E-state index in [1.807, 2.05) is 26.0 Å². The van der Waals surface area contributed by atoms with E-state index in [0.717, 1.165) is 17.5 Å². The zero-order valence-electron chi connectivity index (χ0n) is 15.8. The van der Waals surface area contributed by atoms with E-state index in [4.69, 9.17) is 9.47 Å². The number of esters is 2. The Bertz CT molecular complexity index is 852. The maximum Gasteiger partial charge on any atom is 0.316 e. The zero-order chi connectivity index (χ0) is 19.6. The molecule has 0 bridgehead atoms. The van der Waals surface area contributed by atoms with Crippen LogP contribution in [0, 0.1) is 5.41 Å². The highest BCUT2D eigenvalue weighted by Gasteiger charge is 2.33. The highest BCUT2D eigenvalue weighted by atomic mass is 16.5. The van der Waals surface area contributed by atoms with Crippen LogP contribution in [0.5, 0.6) is 17.2 Å². The minimum Gasteiger partial charge on any atom is -0.508 e. The minimum atomic E-state index is -0.691. The number of ether oxygens (including phenoxy) is 2. The lowest BCUT2D eigenvalue weighted by molar-refractivity contribution is -0.144. The van der Waals surface area contributed by atoms with Crippen LogP contribution in [0.1, 0.15) is 50.7 Å². The summed E-state index contributed by atoms with van der Waals surface area (Å²) in [5, 5.41) is 9.48. The van der Waals surface area contributed by atoms with Gasteiger partial charge in [-0.2, -0.15) is 0 Å². The molecule has 142 valence electrons. The first kappa shape index (κ1) is 19.0. The Morgan fingerprint density at radius 3 is 2.59 bits per heavy atom. The quantitative estimate of drug-likeness (QED) is 0.605. The van der Waals surface area contributed by atoms with Crippen LogP contribution >= 0.6 is 0 Å². The first-order chi connectivity index (χ1) is 12.8. The van der Waals surface area contributed by atoms with Crippen molar-refractivity contribution in [2.75, 3.05) is 0 Å². The Balaban J connectivity index is 1.70. The fraction of sp³-hybridized carbons (Fsp3) is 0.364. The van der Waals surface area contributed by atoms with Gasteiger partial charge in [0.1, 0.15) is 17.2 Å². The van der Waals surface area contributed by atoms with Gasteiger partial charge in [-0.3, -0.25) is 9.59 Å². The highest BCUT2D eigenvalue weighted by Crippen LogP contribution is 2.36. The molecule has 0 amide bonds. The number of benzene rings is 2. The molecule has 0 saturated heterocycles. The van der Waals surface area contributed by atoms with Gasteiger partial charge in [0.05, 0.1) is 11.8 Å². The van der Waals surface area contributed by atoms with Gasteiger partial charge in [0.25, 0.3) is 0 Å². The van der Waals surface area contributed by atoms with Crippen LogP contribution in [0.4, 0.5) is 0 Å². The van der Waals surface area contributed by atoms with Crippen LogP contribution in [0.3, 0.4) is 0 Å². The third-order valence-electron chi connectivity index (χ3n) is 4.97. The summed E-state index contributed by atoms with van der Waals surface area (Å²) >= 11 is 0. The monoisotopic (exact) mass is 368 g/mol. The average molecular weight is 368 g/mol. The normalized spacial score (nSPS) is 14.4. The van der Waals surface area contributed by atoms with Gasteiger partial charge in [0.15, 0.2) is 0 Å². The molecular formula is C22H24O5. The molecule has 0 radical (unpaired) electrons. The number of carbonyl (C=O) groups excluding carboxylic acids is 2. The van der Waals surface area contributed by atoms with E-state index in [-0.39, 0.29) is 30.0 Å². The standard InChI is InChI=1S/C22H24O5/c1-4-14(15-5-7-17(23)8-6-15)13-22(2,3)21(25)26-18-9-10-19-16(11-18)12-20(24)27-19/h5-11,14,23H,4,12-13H2,1-3H3. The van der Waals surface area contributed by atoms with E-state index >= 15 is 0 Å². The number of fused-ring (bicyclic) bond motifs is 1. The molecule has 0 saturated carbocycles. The fourth-order valence-electron chi connectivity index (χ4n) is 3.36. The van der Waals surface area contributed by atoms with Gasteiger partial charge in [-0.25, -0.2) is 0 Å². The molecule has 1 unspecified atom stereocenters. The van der Waals surface area contributed by atoms with E-state index in [0.29, 0.717) is 17.9 Å². The number of hydrogen-bond donors (Lipinski definition) is 1. The number of hydrogen-bond acceptors (Lipinski definition) is 5. The third-order valence-corrected chi connectivity index (χ3v) is 4.97. The lowest BCUT2D eigenvalue weighted by Gasteiger charge is -2.27. The maximum atomic E-state index is 12.8.